The fraction of sp³-hybridized carbons (Fsp3) is 0.462. The van der Waals surface area contributed by atoms with Gasteiger partial charge in [-0.05, 0) is 24.8 Å². The Balaban J connectivity index is 2.46. The van der Waals surface area contributed by atoms with Crippen LogP contribution in [0.3, 0.4) is 0 Å². The van der Waals surface area contributed by atoms with Crippen molar-refractivity contribution < 1.29 is 27.8 Å². The summed E-state index contributed by atoms with van der Waals surface area (Å²) in [4.78, 5) is 11.8. The van der Waals surface area contributed by atoms with Crippen LogP contribution in [-0.2, 0) is 9.53 Å². The molecule has 5 nitrogen and oxygen atoms in total. The number of esters is 1. The summed E-state index contributed by atoms with van der Waals surface area (Å²) in [6.07, 6.45) is 0.332. The average molecular weight is 304 g/mol. The van der Waals surface area contributed by atoms with Gasteiger partial charge >= 0.3 is 12.1 Å². The third kappa shape index (κ3) is 2.29. The molecule has 8 heteroatoms. The van der Waals surface area contributed by atoms with Gasteiger partial charge in [0.05, 0.1) is 18.6 Å². The van der Waals surface area contributed by atoms with E-state index in [1.165, 1.54) is 19.1 Å². The monoisotopic (exact) mass is 304 g/mol. The Bertz CT molecular complexity index is 539. The molecule has 2 rings (SSSR count). The van der Waals surface area contributed by atoms with Crippen molar-refractivity contribution in [2.45, 2.75) is 24.7 Å². The largest absolute Gasteiger partial charge is 0.512 e. The van der Waals surface area contributed by atoms with Gasteiger partial charge in [0.25, 0.3) is 0 Å². The normalized spacial score (nSPS) is 27.1. The highest BCUT2D eigenvalue weighted by Crippen LogP contribution is 2.43. The maximum Gasteiger partial charge on any atom is 0.421 e. The van der Waals surface area contributed by atoms with Crippen LogP contribution in [0.15, 0.2) is 35.8 Å². The van der Waals surface area contributed by atoms with Crippen LogP contribution in [0.25, 0.3) is 0 Å². The minimum absolute atomic E-state index is 0.232. The molecule has 0 bridgehead atoms. The Labute approximate surface area is 118 Å². The molecule has 0 aromatic heterocycles. The number of hydrogen-bond donors (Lipinski definition) is 3. The van der Waals surface area contributed by atoms with Crippen LogP contribution in [0, 0.1) is 5.92 Å². The Morgan fingerprint density at radius 2 is 2.19 bits per heavy atom. The SMILES string of the molecule is CCOC(=O)C(N)(C1=CNC2C=CC=C(O)C12)C(F)(F)F. The molecule has 3 atom stereocenters. The molecule has 0 aromatic rings. The topological polar surface area (TPSA) is 84.6 Å². The van der Waals surface area contributed by atoms with Crippen LogP contribution >= 0.6 is 0 Å². The molecular formula is C13H15F3N2O3. The van der Waals surface area contributed by atoms with Gasteiger partial charge in [0, 0.05) is 0 Å². The lowest BCUT2D eigenvalue weighted by Gasteiger charge is -2.34. The third-order valence-electron chi connectivity index (χ3n) is 3.53. The number of ether oxygens (including phenoxy) is 1. The number of hydrogen-bond acceptors (Lipinski definition) is 5. The average Bonchev–Trinajstić information content (AvgIpc) is 2.82. The number of aliphatic hydroxyl groups excluding tert-OH is 1. The molecule has 116 valence electrons. The van der Waals surface area contributed by atoms with E-state index in [2.05, 4.69) is 10.1 Å². The molecule has 1 aliphatic heterocycles. The Morgan fingerprint density at radius 3 is 2.76 bits per heavy atom. The summed E-state index contributed by atoms with van der Waals surface area (Å²) in [5.41, 5.74) is 1.64. The number of nitrogens with two attached hydrogens (primary N) is 1. The molecule has 0 fully saturated rings. The number of aliphatic hydroxyl groups is 1. The van der Waals surface area contributed by atoms with Gasteiger partial charge < -0.3 is 20.9 Å². The first-order valence-electron chi connectivity index (χ1n) is 6.30. The second kappa shape index (κ2) is 5.10. The molecule has 1 aliphatic carbocycles. The highest BCUT2D eigenvalue weighted by molar-refractivity contribution is 5.86. The van der Waals surface area contributed by atoms with Crippen LogP contribution in [0.1, 0.15) is 6.92 Å². The minimum Gasteiger partial charge on any atom is -0.512 e. The molecule has 21 heavy (non-hydrogen) atoms. The van der Waals surface area contributed by atoms with E-state index in [1.54, 1.807) is 6.08 Å². The Kier molecular flexibility index (Phi) is 3.75. The van der Waals surface area contributed by atoms with Crippen molar-refractivity contribution in [3.8, 4) is 0 Å². The predicted molar refractivity (Wildman–Crippen MR) is 68.0 cm³/mol. The van der Waals surface area contributed by atoms with Crippen LogP contribution in [0.4, 0.5) is 13.2 Å². The lowest BCUT2D eigenvalue weighted by atomic mass is 9.78. The van der Waals surface area contributed by atoms with E-state index < -0.39 is 35.2 Å². The lowest BCUT2D eigenvalue weighted by molar-refractivity contribution is -0.198. The molecule has 0 saturated heterocycles. The fourth-order valence-corrected chi connectivity index (χ4v) is 2.45. The maximum absolute atomic E-state index is 13.4. The van der Waals surface area contributed by atoms with E-state index in [4.69, 9.17) is 5.73 Å². The van der Waals surface area contributed by atoms with Gasteiger partial charge in [-0.1, -0.05) is 12.2 Å². The number of carbonyl (C=O) groups is 1. The highest BCUT2D eigenvalue weighted by atomic mass is 19.4. The third-order valence-corrected chi connectivity index (χ3v) is 3.53. The minimum atomic E-state index is -5.05. The molecule has 0 spiro atoms. The zero-order valence-corrected chi connectivity index (χ0v) is 11.1. The summed E-state index contributed by atoms with van der Waals surface area (Å²) < 4.78 is 44.7. The van der Waals surface area contributed by atoms with E-state index in [0.29, 0.717) is 0 Å². The van der Waals surface area contributed by atoms with Crippen molar-refractivity contribution in [3.05, 3.63) is 35.8 Å². The van der Waals surface area contributed by atoms with Crippen molar-refractivity contribution in [3.63, 3.8) is 0 Å². The van der Waals surface area contributed by atoms with E-state index in [0.717, 1.165) is 6.20 Å². The second-order valence-corrected chi connectivity index (χ2v) is 4.77. The maximum atomic E-state index is 13.4. The molecule has 2 aliphatic rings. The van der Waals surface area contributed by atoms with Crippen LogP contribution < -0.4 is 11.1 Å². The van der Waals surface area contributed by atoms with E-state index in [-0.39, 0.29) is 12.4 Å². The number of allylic oxidation sites excluding steroid dienone is 2. The van der Waals surface area contributed by atoms with Gasteiger partial charge in [0.15, 0.2) is 0 Å². The molecule has 0 radical (unpaired) electrons. The van der Waals surface area contributed by atoms with Gasteiger partial charge in [0.1, 0.15) is 5.76 Å². The van der Waals surface area contributed by atoms with Crippen molar-refractivity contribution in [1.29, 1.82) is 0 Å². The van der Waals surface area contributed by atoms with Crippen LogP contribution in [0.5, 0.6) is 0 Å². The number of carbonyl (C=O) groups excluding carboxylic acids is 1. The summed E-state index contributed by atoms with van der Waals surface area (Å²) in [6, 6.07) is -0.579. The first kappa shape index (κ1) is 15.4. The van der Waals surface area contributed by atoms with Gasteiger partial charge in [-0.15, -0.1) is 0 Å². The van der Waals surface area contributed by atoms with E-state index >= 15 is 0 Å². The standard InChI is InChI=1S/C13H15F3N2O3/c1-2-21-11(20)12(17,13(14,15)16)7-6-18-8-4-3-5-9(19)10(7)8/h3-6,8,10,18-19H,2,17H2,1H3. The highest BCUT2D eigenvalue weighted by Gasteiger charge is 2.64. The van der Waals surface area contributed by atoms with Crippen molar-refractivity contribution >= 4 is 5.97 Å². The summed E-state index contributed by atoms with van der Waals surface area (Å²) in [6.45, 7) is 1.16. The molecule has 4 N–H and O–H groups in total. The zero-order chi connectivity index (χ0) is 15.8. The quantitative estimate of drug-likeness (QED) is 0.684. The summed E-state index contributed by atoms with van der Waals surface area (Å²) in [5.74, 6) is -2.93. The number of alkyl halides is 3. The number of nitrogens with one attached hydrogen (secondary N) is 1. The van der Waals surface area contributed by atoms with Crippen LogP contribution in [0.2, 0.25) is 0 Å². The number of fused-ring (bicyclic) bond motifs is 1. The first-order valence-corrected chi connectivity index (χ1v) is 6.30. The summed E-state index contributed by atoms with van der Waals surface area (Å²) in [5, 5.41) is 12.5. The van der Waals surface area contributed by atoms with E-state index in [1.807, 2.05) is 0 Å². The predicted octanol–water partition coefficient (Wildman–Crippen LogP) is 1.29. The lowest BCUT2D eigenvalue weighted by Crippen LogP contribution is -2.62. The molecule has 0 aromatic carbocycles. The van der Waals surface area contributed by atoms with Crippen molar-refractivity contribution in [1.82, 2.24) is 5.32 Å². The summed E-state index contributed by atoms with van der Waals surface area (Å²) >= 11 is 0. The van der Waals surface area contributed by atoms with E-state index in [9.17, 15) is 23.1 Å². The smallest absolute Gasteiger partial charge is 0.421 e. The van der Waals surface area contributed by atoms with Crippen molar-refractivity contribution in [2.24, 2.45) is 11.7 Å². The van der Waals surface area contributed by atoms with Crippen molar-refractivity contribution in [2.75, 3.05) is 6.61 Å². The Hall–Kier alpha value is -1.96. The first-order chi connectivity index (χ1) is 9.73. The zero-order valence-electron chi connectivity index (χ0n) is 11.1. The Morgan fingerprint density at radius 1 is 1.52 bits per heavy atom. The molecule has 0 amide bonds. The fourth-order valence-electron chi connectivity index (χ4n) is 2.45. The van der Waals surface area contributed by atoms with Gasteiger partial charge in [0.2, 0.25) is 5.54 Å². The van der Waals surface area contributed by atoms with Gasteiger partial charge in [-0.3, -0.25) is 0 Å². The second-order valence-electron chi connectivity index (χ2n) is 4.77. The number of rotatable bonds is 3. The molecule has 1 heterocycles. The molecular weight excluding hydrogens is 289 g/mol. The van der Waals surface area contributed by atoms with Gasteiger partial charge in [-0.25, -0.2) is 4.79 Å². The van der Waals surface area contributed by atoms with Gasteiger partial charge in [-0.2, -0.15) is 13.2 Å². The van der Waals surface area contributed by atoms with Crippen LogP contribution in [-0.4, -0.2) is 35.4 Å². The molecule has 0 saturated carbocycles. The number of halogens is 3. The summed E-state index contributed by atoms with van der Waals surface area (Å²) in [7, 11) is 0. The molecule has 3 unspecified atom stereocenters.